The predicted octanol–water partition coefficient (Wildman–Crippen LogP) is 5.15. The third kappa shape index (κ3) is 5.16. The molecule has 0 amide bonds. The van der Waals surface area contributed by atoms with E-state index in [9.17, 15) is 18.4 Å². The Morgan fingerprint density at radius 3 is 2.25 bits per heavy atom. The summed E-state index contributed by atoms with van der Waals surface area (Å²) in [4.78, 5) is 26.4. The summed E-state index contributed by atoms with van der Waals surface area (Å²) in [5.74, 6) is -2.33. The van der Waals surface area contributed by atoms with Gasteiger partial charge in [-0.1, -0.05) is 48.5 Å². The first kappa shape index (κ1) is 24.1. The molecule has 186 valence electrons. The highest BCUT2D eigenvalue weighted by Gasteiger charge is 2.49. The summed E-state index contributed by atoms with van der Waals surface area (Å²) in [5.41, 5.74) is 1.79. The highest BCUT2D eigenvalue weighted by atomic mass is 19.2. The molecule has 36 heavy (non-hydrogen) atoms. The zero-order valence-corrected chi connectivity index (χ0v) is 19.9. The molecule has 3 aliphatic heterocycles. The lowest BCUT2D eigenvalue weighted by molar-refractivity contribution is -0.938. The SMILES string of the molecule is O=C(C[N+]12CCC(CC1)[C@@H](OC(=O)C(Nc1ccccc1)c1ccccc1)C2)c1ccc(F)c(F)c1. The van der Waals surface area contributed by atoms with Crippen molar-refractivity contribution in [3.63, 3.8) is 0 Å². The molecule has 1 N–H and O–H groups in total. The average Bonchev–Trinajstić information content (AvgIpc) is 2.90. The molecule has 3 saturated heterocycles. The van der Waals surface area contributed by atoms with E-state index in [-0.39, 0.29) is 35.9 Å². The number of nitrogens with zero attached hydrogens (tertiary/aromatic N) is 1. The highest BCUT2D eigenvalue weighted by molar-refractivity contribution is 5.97. The number of halogens is 2. The van der Waals surface area contributed by atoms with Crippen LogP contribution in [0.2, 0.25) is 0 Å². The Morgan fingerprint density at radius 2 is 1.58 bits per heavy atom. The number of benzene rings is 3. The largest absolute Gasteiger partial charge is 0.454 e. The first-order valence-electron chi connectivity index (χ1n) is 12.3. The number of carbonyl (C=O) groups excluding carboxylic acids is 2. The number of hydrogen-bond donors (Lipinski definition) is 1. The Balaban J connectivity index is 1.31. The van der Waals surface area contributed by atoms with Gasteiger partial charge in [-0.25, -0.2) is 13.6 Å². The number of quaternary nitrogens is 1. The van der Waals surface area contributed by atoms with Crippen molar-refractivity contribution in [2.24, 2.45) is 5.92 Å². The summed E-state index contributed by atoms with van der Waals surface area (Å²) >= 11 is 0. The van der Waals surface area contributed by atoms with Gasteiger partial charge < -0.3 is 14.5 Å². The van der Waals surface area contributed by atoms with E-state index in [1.807, 2.05) is 60.7 Å². The zero-order valence-electron chi connectivity index (χ0n) is 19.9. The molecule has 0 spiro atoms. The fourth-order valence-electron chi connectivity index (χ4n) is 5.48. The second-order valence-electron chi connectivity index (χ2n) is 9.85. The standard InChI is InChI=1S/C29H29F2N2O3/c30-24-12-11-22(17-25(24)31)26(34)18-33-15-13-20(14-16-33)27(19-33)36-29(35)28(21-7-3-1-4-8-21)32-23-9-5-2-6-10-23/h1-12,17,20,27-28,32H,13-16,18-19H2/q+1/t20?,27-,28?,33?/m0/s1. The molecule has 3 heterocycles. The molecule has 3 aromatic rings. The number of ether oxygens (including phenoxy) is 1. The van der Waals surface area contributed by atoms with Crippen LogP contribution < -0.4 is 5.32 Å². The van der Waals surface area contributed by atoms with Crippen molar-refractivity contribution in [1.29, 1.82) is 0 Å². The second-order valence-corrected chi connectivity index (χ2v) is 9.85. The van der Waals surface area contributed by atoms with E-state index in [4.69, 9.17) is 4.74 Å². The fraction of sp³-hybridized carbons (Fsp3) is 0.310. The molecular formula is C29H29F2N2O3+. The lowest BCUT2D eigenvalue weighted by Gasteiger charge is -2.51. The van der Waals surface area contributed by atoms with Crippen molar-refractivity contribution >= 4 is 17.4 Å². The quantitative estimate of drug-likeness (QED) is 0.269. The molecule has 3 fully saturated rings. The molecule has 5 nitrogen and oxygen atoms in total. The molecule has 0 aliphatic carbocycles. The minimum atomic E-state index is -1.03. The minimum absolute atomic E-state index is 0.166. The van der Waals surface area contributed by atoms with Crippen LogP contribution in [-0.4, -0.2) is 48.5 Å². The van der Waals surface area contributed by atoms with Crippen molar-refractivity contribution < 1.29 is 27.6 Å². The number of anilines is 1. The molecule has 1 unspecified atom stereocenters. The van der Waals surface area contributed by atoms with Gasteiger partial charge in [0.05, 0.1) is 13.1 Å². The highest BCUT2D eigenvalue weighted by Crippen LogP contribution is 2.37. The first-order valence-corrected chi connectivity index (χ1v) is 12.3. The van der Waals surface area contributed by atoms with E-state index < -0.39 is 17.7 Å². The topological polar surface area (TPSA) is 55.4 Å². The minimum Gasteiger partial charge on any atom is -0.454 e. The molecule has 2 atom stereocenters. The lowest BCUT2D eigenvalue weighted by atomic mass is 9.82. The summed E-state index contributed by atoms with van der Waals surface area (Å²) in [7, 11) is 0. The van der Waals surface area contributed by atoms with Crippen molar-refractivity contribution in [2.45, 2.75) is 25.0 Å². The number of Topliss-reactive ketones (excluding diaryl/α,β-unsaturated/α-hetero) is 1. The van der Waals surface area contributed by atoms with Crippen molar-refractivity contribution in [2.75, 3.05) is 31.5 Å². The molecule has 7 heteroatoms. The maximum absolute atomic E-state index is 13.7. The Hall–Kier alpha value is -3.58. The van der Waals surface area contributed by atoms with Crippen LogP contribution in [0.15, 0.2) is 78.9 Å². The van der Waals surface area contributed by atoms with E-state index in [0.29, 0.717) is 11.0 Å². The zero-order chi connectivity index (χ0) is 25.1. The van der Waals surface area contributed by atoms with E-state index in [2.05, 4.69) is 5.32 Å². The van der Waals surface area contributed by atoms with Crippen LogP contribution in [0.3, 0.4) is 0 Å². The average molecular weight is 492 g/mol. The molecular weight excluding hydrogens is 462 g/mol. The van der Waals surface area contributed by atoms with Gasteiger partial charge in [0.25, 0.3) is 0 Å². The molecule has 3 aliphatic rings. The summed E-state index contributed by atoms with van der Waals surface area (Å²) in [5, 5.41) is 3.30. The van der Waals surface area contributed by atoms with Gasteiger partial charge in [0.2, 0.25) is 5.78 Å². The summed E-state index contributed by atoms with van der Waals surface area (Å²) < 4.78 is 33.6. The number of nitrogens with one attached hydrogen (secondary N) is 1. The number of carbonyl (C=O) groups is 2. The van der Waals surface area contributed by atoms with Crippen LogP contribution in [-0.2, 0) is 9.53 Å². The van der Waals surface area contributed by atoms with Crippen LogP contribution in [0.25, 0.3) is 0 Å². The molecule has 0 radical (unpaired) electrons. The van der Waals surface area contributed by atoms with Crippen molar-refractivity contribution in [3.8, 4) is 0 Å². The fourth-order valence-corrected chi connectivity index (χ4v) is 5.48. The van der Waals surface area contributed by atoms with Crippen LogP contribution in [0.5, 0.6) is 0 Å². The number of hydrogen-bond acceptors (Lipinski definition) is 4. The van der Waals surface area contributed by atoms with Gasteiger partial charge in [-0.05, 0) is 35.9 Å². The van der Waals surface area contributed by atoms with Gasteiger partial charge in [0, 0.05) is 30.0 Å². The number of para-hydroxylation sites is 1. The number of piperidine rings is 3. The first-order chi connectivity index (χ1) is 17.4. The maximum Gasteiger partial charge on any atom is 0.333 e. The third-order valence-electron chi connectivity index (χ3n) is 7.48. The van der Waals surface area contributed by atoms with Crippen LogP contribution >= 0.6 is 0 Å². The number of fused-ring (bicyclic) bond motifs is 3. The van der Waals surface area contributed by atoms with Gasteiger partial charge in [-0.3, -0.25) is 4.79 Å². The summed E-state index contributed by atoms with van der Waals surface area (Å²) in [6, 6.07) is 21.6. The predicted molar refractivity (Wildman–Crippen MR) is 132 cm³/mol. The van der Waals surface area contributed by atoms with Gasteiger partial charge in [-0.15, -0.1) is 0 Å². The van der Waals surface area contributed by atoms with Gasteiger partial charge >= 0.3 is 5.97 Å². The number of rotatable bonds is 8. The van der Waals surface area contributed by atoms with E-state index in [1.54, 1.807) is 0 Å². The molecule has 2 bridgehead atoms. The number of esters is 1. The van der Waals surface area contributed by atoms with Gasteiger partial charge in [0.1, 0.15) is 13.1 Å². The maximum atomic E-state index is 13.7. The Bertz CT molecular complexity index is 1230. The Morgan fingerprint density at radius 1 is 0.917 bits per heavy atom. The second kappa shape index (κ2) is 10.2. The van der Waals surface area contributed by atoms with Gasteiger partial charge in [0.15, 0.2) is 23.8 Å². The third-order valence-corrected chi connectivity index (χ3v) is 7.48. The Labute approximate surface area is 209 Å². The normalized spacial score (nSPS) is 23.6. The van der Waals surface area contributed by atoms with Crippen LogP contribution in [0.1, 0.15) is 34.8 Å². The summed E-state index contributed by atoms with van der Waals surface area (Å²) in [6.45, 7) is 2.33. The lowest BCUT2D eigenvalue weighted by Crippen LogP contribution is -2.65. The van der Waals surface area contributed by atoms with Crippen molar-refractivity contribution in [1.82, 2.24) is 0 Å². The van der Waals surface area contributed by atoms with Crippen LogP contribution in [0, 0.1) is 17.6 Å². The van der Waals surface area contributed by atoms with E-state index in [1.165, 1.54) is 6.07 Å². The Kier molecular flexibility index (Phi) is 6.83. The van der Waals surface area contributed by atoms with E-state index >= 15 is 0 Å². The van der Waals surface area contributed by atoms with E-state index in [0.717, 1.165) is 49.3 Å². The molecule has 0 aromatic heterocycles. The molecule has 6 rings (SSSR count). The van der Waals surface area contributed by atoms with Crippen LogP contribution in [0.4, 0.5) is 14.5 Å². The molecule has 0 saturated carbocycles. The summed E-state index contributed by atoms with van der Waals surface area (Å²) in [6.07, 6.45) is 1.40. The van der Waals surface area contributed by atoms with Crippen molar-refractivity contribution in [3.05, 3.63) is 102 Å². The smallest absolute Gasteiger partial charge is 0.333 e. The monoisotopic (exact) mass is 491 g/mol. The van der Waals surface area contributed by atoms with Gasteiger partial charge in [-0.2, -0.15) is 0 Å². The number of ketones is 1. The molecule has 3 aromatic carbocycles.